The summed E-state index contributed by atoms with van der Waals surface area (Å²) < 4.78 is 32.8. The molecule has 0 aliphatic heterocycles. The first-order chi connectivity index (χ1) is 6.30. The smallest absolute Gasteiger partial charge is 0.215 e. The van der Waals surface area contributed by atoms with Crippen molar-refractivity contribution < 1.29 is 17.5 Å². The molecule has 0 amide bonds. The van der Waals surface area contributed by atoms with Crippen molar-refractivity contribution in [1.82, 2.24) is 0 Å². The van der Waals surface area contributed by atoms with Gasteiger partial charge < -0.3 is 4.55 Å². The van der Waals surface area contributed by atoms with Gasteiger partial charge in [-0.15, -0.1) is 0 Å². The maximum absolute atomic E-state index is 8.63. The second-order valence-corrected chi connectivity index (χ2v) is 5.52. The monoisotopic (exact) mass is 236 g/mol. The minimum atomic E-state index is -4.92. The van der Waals surface area contributed by atoms with Gasteiger partial charge in [-0.25, -0.2) is 8.42 Å². The fourth-order valence-electron chi connectivity index (χ4n) is 0.693. The van der Waals surface area contributed by atoms with Crippen molar-refractivity contribution in [1.29, 1.82) is 0 Å². The average Bonchev–Trinajstić information content (AvgIpc) is 2.03. The Balaban J connectivity index is 0.000000292. The van der Waals surface area contributed by atoms with E-state index < -0.39 is 10.4 Å². The first-order valence-corrected chi connectivity index (χ1v) is 7.02. The van der Waals surface area contributed by atoms with Gasteiger partial charge in [-0.05, 0) is 12.1 Å². The van der Waals surface area contributed by atoms with Gasteiger partial charge in [0.1, 0.15) is 12.5 Å². The van der Waals surface area contributed by atoms with Gasteiger partial charge in [-0.2, -0.15) is 0 Å². The minimum Gasteiger partial charge on any atom is -0.726 e. The van der Waals surface area contributed by atoms with E-state index in [-0.39, 0.29) is 0 Å². The van der Waals surface area contributed by atoms with Gasteiger partial charge in [0.05, 0.1) is 0 Å². The zero-order valence-electron chi connectivity index (χ0n) is 7.88. The van der Waals surface area contributed by atoms with Crippen molar-refractivity contribution in [2.24, 2.45) is 0 Å². The highest BCUT2D eigenvalue weighted by atomic mass is 32.3. The molecule has 0 saturated heterocycles. The molecule has 80 valence electrons. The Bertz CT molecular complexity index is 337. The molecule has 0 fully saturated rings. The summed E-state index contributed by atoms with van der Waals surface area (Å²) in [5, 5.41) is 0. The third-order valence-electron chi connectivity index (χ3n) is 1.21. The summed E-state index contributed by atoms with van der Waals surface area (Å²) in [6, 6.07) is 10.6. The highest BCUT2D eigenvalue weighted by Crippen LogP contribution is 2.05. The lowest BCUT2D eigenvalue weighted by atomic mass is 10.4. The molecule has 0 spiro atoms. The molecule has 1 rings (SSSR count). The van der Waals surface area contributed by atoms with E-state index in [2.05, 4.69) is 42.8 Å². The molecule has 0 aliphatic rings. The molecular weight excluding hydrogens is 224 g/mol. The fraction of sp³-hybridized carbons (Fsp3) is 0.250. The maximum Gasteiger partial charge on any atom is 0.215 e. The molecule has 1 aromatic rings. The zero-order valence-corrected chi connectivity index (χ0v) is 9.51. The molecule has 0 saturated carbocycles. The van der Waals surface area contributed by atoms with Crippen LogP contribution in [0.5, 0.6) is 0 Å². The van der Waals surface area contributed by atoms with E-state index in [1.807, 2.05) is 0 Å². The lowest BCUT2D eigenvalue weighted by Gasteiger charge is -1.91. The van der Waals surface area contributed by atoms with Crippen LogP contribution in [-0.4, -0.2) is 30.0 Å². The summed E-state index contributed by atoms with van der Waals surface area (Å²) in [6.07, 6.45) is 4.46. The number of hydrogen-bond donors (Lipinski definition) is 1. The quantitative estimate of drug-likeness (QED) is 0.447. The van der Waals surface area contributed by atoms with Gasteiger partial charge in [-0.1, -0.05) is 18.2 Å². The lowest BCUT2D eigenvalue weighted by Crippen LogP contribution is -1.93. The first-order valence-electron chi connectivity index (χ1n) is 3.61. The Morgan fingerprint density at radius 3 is 1.79 bits per heavy atom. The zero-order chi connectivity index (χ0) is 11.2. The average molecular weight is 236 g/mol. The van der Waals surface area contributed by atoms with E-state index in [4.69, 9.17) is 17.5 Å². The van der Waals surface area contributed by atoms with Gasteiger partial charge >= 0.3 is 0 Å². The molecule has 0 unspecified atom stereocenters. The summed E-state index contributed by atoms with van der Waals surface area (Å²) in [5.74, 6) is 0. The van der Waals surface area contributed by atoms with E-state index in [9.17, 15) is 0 Å². The molecule has 1 aromatic carbocycles. The molecule has 4 nitrogen and oxygen atoms in total. The van der Waals surface area contributed by atoms with Crippen LogP contribution in [0.3, 0.4) is 0 Å². The summed E-state index contributed by atoms with van der Waals surface area (Å²) in [4.78, 5) is 1.44. The van der Waals surface area contributed by atoms with Crippen LogP contribution in [0.1, 0.15) is 0 Å². The normalized spacial score (nSPS) is 10.6. The van der Waals surface area contributed by atoms with Crippen molar-refractivity contribution >= 4 is 21.3 Å². The highest BCUT2D eigenvalue weighted by molar-refractivity contribution is 7.95. The standard InChI is InChI=1S/C8H11S.H2O4S/c1-9(2)8-6-4-3-5-7-8;1-5(2,3)4/h3-7H,1-2H3;(H2,1,2,3,4)/q+1;/p-1. The minimum absolute atomic E-state index is 0.421. The molecule has 0 bridgehead atoms. The molecule has 0 radical (unpaired) electrons. The van der Waals surface area contributed by atoms with Crippen LogP contribution >= 0.6 is 0 Å². The molecule has 1 N–H and O–H groups in total. The third kappa shape index (κ3) is 9.53. The lowest BCUT2D eigenvalue weighted by molar-refractivity contribution is 0.366. The van der Waals surface area contributed by atoms with E-state index in [1.54, 1.807) is 0 Å². The number of hydrogen-bond acceptors (Lipinski definition) is 3. The Labute approximate surface area is 86.9 Å². The van der Waals surface area contributed by atoms with Gasteiger partial charge in [0.15, 0.2) is 4.90 Å². The van der Waals surface area contributed by atoms with E-state index in [1.165, 1.54) is 4.90 Å². The molecular formula is C8H12O4S2. The maximum atomic E-state index is 8.63. The Morgan fingerprint density at radius 1 is 1.21 bits per heavy atom. The molecule has 0 atom stereocenters. The first kappa shape index (κ1) is 13.4. The summed E-state index contributed by atoms with van der Waals surface area (Å²) in [7, 11) is -4.50. The van der Waals surface area contributed by atoms with E-state index >= 15 is 0 Å². The molecule has 0 aliphatic carbocycles. The van der Waals surface area contributed by atoms with Crippen LogP contribution in [0.15, 0.2) is 35.2 Å². The predicted octanol–water partition coefficient (Wildman–Crippen LogP) is 0.928. The van der Waals surface area contributed by atoms with Crippen molar-refractivity contribution in [2.45, 2.75) is 4.90 Å². The fourth-order valence-corrected chi connectivity index (χ4v) is 1.39. The van der Waals surface area contributed by atoms with Crippen molar-refractivity contribution in [2.75, 3.05) is 12.5 Å². The Kier molecular flexibility index (Phi) is 5.78. The molecule has 0 heterocycles. The topological polar surface area (TPSA) is 77.4 Å². The number of rotatable bonds is 1. The summed E-state index contributed by atoms with van der Waals surface area (Å²) in [5.41, 5.74) is 0. The van der Waals surface area contributed by atoms with Crippen LogP contribution in [-0.2, 0) is 21.3 Å². The molecule has 0 aromatic heterocycles. The molecule has 14 heavy (non-hydrogen) atoms. The Hall–Kier alpha value is -0.560. The van der Waals surface area contributed by atoms with Crippen LogP contribution < -0.4 is 0 Å². The largest absolute Gasteiger partial charge is 0.726 e. The van der Waals surface area contributed by atoms with Crippen molar-refractivity contribution in [3.05, 3.63) is 30.3 Å². The third-order valence-corrected chi connectivity index (χ3v) is 2.43. The van der Waals surface area contributed by atoms with Gasteiger partial charge in [0.25, 0.3) is 0 Å². The van der Waals surface area contributed by atoms with Crippen LogP contribution in [0.25, 0.3) is 0 Å². The highest BCUT2D eigenvalue weighted by Gasteiger charge is 2.03. The van der Waals surface area contributed by atoms with Gasteiger partial charge in [-0.3, -0.25) is 4.55 Å². The van der Waals surface area contributed by atoms with E-state index in [0.29, 0.717) is 10.9 Å². The van der Waals surface area contributed by atoms with Crippen LogP contribution in [0.4, 0.5) is 0 Å². The van der Waals surface area contributed by atoms with Crippen molar-refractivity contribution in [3.8, 4) is 0 Å². The summed E-state index contributed by atoms with van der Waals surface area (Å²) >= 11 is 0. The van der Waals surface area contributed by atoms with Crippen molar-refractivity contribution in [3.63, 3.8) is 0 Å². The molecule has 6 heteroatoms. The van der Waals surface area contributed by atoms with E-state index in [0.717, 1.165) is 0 Å². The van der Waals surface area contributed by atoms with Crippen LogP contribution in [0.2, 0.25) is 0 Å². The second-order valence-electron chi connectivity index (χ2n) is 2.56. The van der Waals surface area contributed by atoms with Gasteiger partial charge in [0.2, 0.25) is 10.4 Å². The van der Waals surface area contributed by atoms with Crippen LogP contribution in [0, 0.1) is 0 Å². The van der Waals surface area contributed by atoms with Gasteiger partial charge in [0, 0.05) is 10.9 Å². The predicted molar refractivity (Wildman–Crippen MR) is 56.2 cm³/mol. The SMILES string of the molecule is C[S+](C)c1ccccc1.O=S(=O)([O-])O. The Morgan fingerprint density at radius 2 is 1.57 bits per heavy atom. The second kappa shape index (κ2) is 6.02. The summed E-state index contributed by atoms with van der Waals surface area (Å²) in [6.45, 7) is 0. The number of benzene rings is 1.